The third kappa shape index (κ3) is 51.6. The first-order valence-electron chi connectivity index (χ1n) is 50.2. The highest BCUT2D eigenvalue weighted by Crippen LogP contribution is 2.28. The minimum Gasteiger partial charge on any atom is -0.463 e. The summed E-state index contributed by atoms with van der Waals surface area (Å²) in [6.07, 6.45) is -22.1. The number of aliphatic hydroxyl groups is 12. The second-order valence-electron chi connectivity index (χ2n) is 35.8. The van der Waals surface area contributed by atoms with Crippen LogP contribution in [0.2, 0.25) is 0 Å². The maximum atomic E-state index is 14.9. The van der Waals surface area contributed by atoms with Crippen LogP contribution < -0.4 is 58.5 Å². The highest BCUT2D eigenvalue weighted by Gasteiger charge is 2.50. The zero-order valence-corrected chi connectivity index (χ0v) is 85.4. The number of rotatable bonds is 77. The van der Waals surface area contributed by atoms with E-state index < -0.39 is 270 Å². The Bertz CT molecular complexity index is 3830. The summed E-state index contributed by atoms with van der Waals surface area (Å²) in [4.78, 5) is 173. The Labute approximate surface area is 859 Å². The Kier molecular flexibility index (Phi) is 65.9. The van der Waals surface area contributed by atoms with Gasteiger partial charge in [-0.2, -0.15) is 0 Å². The maximum absolute atomic E-state index is 14.9. The summed E-state index contributed by atoms with van der Waals surface area (Å²) in [5.41, 5.74) is 0. The number of morpholine rings is 1. The number of carbonyl (C=O) groups excluding carboxylic acids is 13. The topological polar surface area (TPSA) is 776 Å². The average molecular weight is 2140 g/mol. The normalized spacial score (nSPS) is 26.1. The lowest BCUT2D eigenvalue weighted by atomic mass is 9.97. The van der Waals surface area contributed by atoms with Gasteiger partial charge in [-0.15, -0.1) is 0 Å². The van der Waals surface area contributed by atoms with E-state index >= 15 is 0 Å². The zero-order chi connectivity index (χ0) is 109. The molecule has 12 amide bonds. The molecule has 148 heavy (non-hydrogen) atoms. The van der Waals surface area contributed by atoms with E-state index in [0.717, 1.165) is 6.92 Å². The number of hydrogen-bond donors (Lipinski definition) is 23. The van der Waals surface area contributed by atoms with Crippen molar-refractivity contribution >= 4 is 76.9 Å². The van der Waals surface area contributed by atoms with Crippen molar-refractivity contribution < 1.29 is 214 Å². The summed E-state index contributed by atoms with van der Waals surface area (Å²) < 4.78 is 107. The largest absolute Gasteiger partial charge is 0.463 e. The van der Waals surface area contributed by atoms with Crippen LogP contribution in [0.15, 0.2) is 0 Å². The highest BCUT2D eigenvalue weighted by molar-refractivity contribution is 5.93. The fraction of sp³-hybridized carbons (Fsp3) is 0.859. The molecule has 5 aliphatic heterocycles. The highest BCUT2D eigenvalue weighted by atomic mass is 16.7. The molecule has 5 aliphatic rings. The smallest absolute Gasteiger partial charge is 0.302 e. The minimum absolute atomic E-state index is 0.00208. The van der Waals surface area contributed by atoms with Gasteiger partial charge < -0.3 is 215 Å². The van der Waals surface area contributed by atoms with Crippen molar-refractivity contribution in [2.75, 3.05) is 211 Å². The summed E-state index contributed by atoms with van der Waals surface area (Å²) in [6.45, 7) is 6.52. The van der Waals surface area contributed by atoms with Crippen molar-refractivity contribution in [3.05, 3.63) is 0 Å². The maximum Gasteiger partial charge on any atom is 0.302 e. The molecule has 0 saturated carbocycles. The first kappa shape index (κ1) is 130. The molecular weight excluding hydrogens is 1980 g/mol. The summed E-state index contributed by atoms with van der Waals surface area (Å²) >= 11 is 0. The molecular formula is C92H162N12O44. The molecule has 5 heterocycles. The second-order valence-corrected chi connectivity index (χ2v) is 35.8. The summed E-state index contributed by atoms with van der Waals surface area (Å²) in [7, 11) is 0. The van der Waals surface area contributed by atoms with Gasteiger partial charge in [0.1, 0.15) is 122 Å². The van der Waals surface area contributed by atoms with Crippen LogP contribution in [0.4, 0.5) is 0 Å². The fourth-order valence-electron chi connectivity index (χ4n) is 15.7. The predicted molar refractivity (Wildman–Crippen MR) is 507 cm³/mol. The van der Waals surface area contributed by atoms with Gasteiger partial charge in [-0.3, -0.25) is 62.3 Å². The fourth-order valence-corrected chi connectivity index (χ4v) is 15.7. The number of unbranched alkanes of at least 4 members (excludes halogenated alkanes) is 5. The molecule has 0 bridgehead atoms. The number of aliphatic hydroxyl groups excluding tert-OH is 12. The molecule has 25 atom stereocenters. The molecule has 0 radical (unpaired) electrons. The third-order valence-electron chi connectivity index (χ3n) is 23.4. The van der Waals surface area contributed by atoms with E-state index in [-0.39, 0.29) is 222 Å². The number of carbonyl (C=O) groups is 13. The lowest BCUT2D eigenvalue weighted by Gasteiger charge is -2.42. The van der Waals surface area contributed by atoms with Crippen molar-refractivity contribution in [2.24, 2.45) is 0 Å². The van der Waals surface area contributed by atoms with Crippen LogP contribution >= 0.6 is 0 Å². The molecule has 5 fully saturated rings. The summed E-state index contributed by atoms with van der Waals surface area (Å²) in [5.74, 6) is -8.19. The number of nitrogens with one attached hydrogen (secondary N) is 11. The van der Waals surface area contributed by atoms with Crippen LogP contribution in [0.25, 0.3) is 0 Å². The van der Waals surface area contributed by atoms with Gasteiger partial charge in [-0.1, -0.05) is 25.7 Å². The first-order chi connectivity index (χ1) is 70.9. The van der Waals surface area contributed by atoms with Crippen LogP contribution in [-0.2, 0) is 152 Å². The lowest BCUT2D eigenvalue weighted by Crippen LogP contribution is -2.64. The number of esters is 1. The van der Waals surface area contributed by atoms with Gasteiger partial charge in [0.05, 0.1) is 183 Å². The van der Waals surface area contributed by atoms with Gasteiger partial charge in [0.25, 0.3) is 0 Å². The molecule has 56 heteroatoms. The number of ether oxygens (including phenoxy) is 19. The summed E-state index contributed by atoms with van der Waals surface area (Å²) in [6, 6.07) is -9.28. The molecule has 23 N–H and O–H groups in total. The van der Waals surface area contributed by atoms with Crippen LogP contribution in [0.5, 0.6) is 0 Å². The van der Waals surface area contributed by atoms with E-state index in [1.807, 2.05) is 13.8 Å². The minimum atomic E-state index is -1.58. The predicted octanol–water partition coefficient (Wildman–Crippen LogP) is -11.1. The van der Waals surface area contributed by atoms with E-state index in [2.05, 4.69) is 58.5 Å². The zero-order valence-electron chi connectivity index (χ0n) is 85.4. The molecule has 0 aliphatic carbocycles. The molecule has 0 aromatic rings. The Morgan fingerprint density at radius 2 is 0.608 bits per heavy atom. The van der Waals surface area contributed by atoms with Gasteiger partial charge in [0.15, 0.2) is 25.2 Å². The standard InChI is InChI=1S/C92H162N12O44/c1-54(2)142-52-61-47-104(46-60(48-105)144-61)73(118)15-13-11-9-8-10-12-14-71(116)102-64(18-21-72(117)101-62(86(127)95-24-28-132-32-36-136-39-43-139-90-75(98-56(4)110)83(124)79(120)66(50-107)146-90)16-19-69(114)93-22-26-130-30-34-134-38-42-138-89-74(97-55(3)109)82(123)78(119)65(49-106)145-89)88(129)103-63(87(128)96-25-29-133-33-37-137-40-44-140-91-76(99-57(5)111)84(125)80(121)67(51-108)147-91)17-20-70(115)94-23-27-131-31-35-135-41-45-141-92-77(100-58(6)112)85(126)81(122)68(148-92)53-143-59(7)113/h54,60-68,74-85,89-92,105-108,119-126H,8-53H2,1-7H3,(H,93,114)(H,94,115)(H,95,127)(H,96,128)(H,97,109)(H,98,110)(H,99,111)(H,100,112)(H,101,117)(H,102,116)(H,103,129)/t60-,61-,62+,63+,64-,65?,66?,67?,68?,74?,75?,76?,77?,78?,79?,80?,81?,82?,83?,84?,85?,89?,90?,91?,92?/m0/s1. The van der Waals surface area contributed by atoms with Crippen LogP contribution in [0, 0.1) is 0 Å². The summed E-state index contributed by atoms with van der Waals surface area (Å²) in [5, 5.41) is 152. The van der Waals surface area contributed by atoms with Gasteiger partial charge in [-0.05, 0) is 46.0 Å². The van der Waals surface area contributed by atoms with Gasteiger partial charge in [0, 0.05) is 106 Å². The van der Waals surface area contributed by atoms with Crippen LogP contribution in [-0.4, -0.2) is 513 Å². The molecule has 5 saturated heterocycles. The van der Waals surface area contributed by atoms with Gasteiger partial charge >= 0.3 is 5.97 Å². The van der Waals surface area contributed by atoms with Crippen molar-refractivity contribution in [1.29, 1.82) is 0 Å². The Morgan fingerprint density at radius 3 is 0.953 bits per heavy atom. The van der Waals surface area contributed by atoms with Gasteiger partial charge in [-0.25, -0.2) is 0 Å². The van der Waals surface area contributed by atoms with Crippen molar-refractivity contribution in [2.45, 2.75) is 297 Å². The van der Waals surface area contributed by atoms with E-state index in [1.165, 1.54) is 27.7 Å². The second kappa shape index (κ2) is 74.8. The Morgan fingerprint density at radius 1 is 0.311 bits per heavy atom. The number of amides is 12. The van der Waals surface area contributed by atoms with Crippen molar-refractivity contribution in [1.82, 2.24) is 63.4 Å². The van der Waals surface area contributed by atoms with E-state index in [0.29, 0.717) is 45.1 Å². The first-order valence-corrected chi connectivity index (χ1v) is 50.2. The number of hydrogen-bond acceptors (Lipinski definition) is 44. The Balaban J connectivity index is 1.27. The molecule has 56 nitrogen and oxygen atoms in total. The number of nitrogens with zero attached hydrogens (tertiary/aromatic N) is 1. The molecule has 854 valence electrons. The van der Waals surface area contributed by atoms with Crippen molar-refractivity contribution in [3.63, 3.8) is 0 Å². The molecule has 20 unspecified atom stereocenters. The van der Waals surface area contributed by atoms with E-state index in [1.54, 1.807) is 4.90 Å². The van der Waals surface area contributed by atoms with Crippen LogP contribution in [0.1, 0.15) is 138 Å². The Hall–Kier alpha value is -8.09. The third-order valence-corrected chi connectivity index (χ3v) is 23.4. The van der Waals surface area contributed by atoms with E-state index in [4.69, 9.17) is 90.0 Å². The SMILES string of the molecule is CC(=O)NC1C(OCCOCCOCCNC(=O)CC[C@@H](NC(=O)CC[C@H](NC(=O)CCCCCCCCC(=O)N2C[C@@H](CO)O[C@H](COC(C)C)C2)C(=O)N[C@H](CCC(=O)NCCOCCOCCOC2OC(COC(C)=O)C(O)C(O)C2NC(C)=O)C(=O)NCCOCCOCCOC2OC(CO)C(O)C(O)C2NC(C)=O)C(=O)NCCOCCOCCOC2OC(CO)C(O)C(O)C2NC(C)=O)OC(CO)C(O)C1O. The van der Waals surface area contributed by atoms with Crippen LogP contribution in [0.3, 0.4) is 0 Å². The molecule has 5 rings (SSSR count). The van der Waals surface area contributed by atoms with E-state index in [9.17, 15) is 124 Å². The molecule has 0 spiro atoms. The van der Waals surface area contributed by atoms with Gasteiger partial charge in [0.2, 0.25) is 70.9 Å². The van der Waals surface area contributed by atoms with Crippen molar-refractivity contribution in [3.8, 4) is 0 Å². The quantitative estimate of drug-likeness (QED) is 0.0199. The average Bonchev–Trinajstić information content (AvgIpc) is 0.799. The monoisotopic (exact) mass is 2140 g/mol. The lowest BCUT2D eigenvalue weighted by molar-refractivity contribution is -0.273. The molecule has 0 aromatic carbocycles. The molecule has 0 aromatic heterocycles.